The van der Waals surface area contributed by atoms with Crippen molar-refractivity contribution in [3.63, 3.8) is 0 Å². The third kappa shape index (κ3) is 2.93. The van der Waals surface area contributed by atoms with Crippen LogP contribution in [0.3, 0.4) is 0 Å². The first-order valence-electron chi connectivity index (χ1n) is 6.10. The van der Waals surface area contributed by atoms with Crippen LogP contribution >= 0.6 is 0 Å². The third-order valence-electron chi connectivity index (χ3n) is 2.89. The minimum atomic E-state index is -0.247. The Morgan fingerprint density at radius 3 is 2.68 bits per heavy atom. The minimum absolute atomic E-state index is 0.247. The van der Waals surface area contributed by atoms with E-state index >= 15 is 0 Å². The molecule has 0 saturated heterocycles. The Hall–Kier alpha value is -2.30. The zero-order valence-corrected chi connectivity index (χ0v) is 11.2. The summed E-state index contributed by atoms with van der Waals surface area (Å²) in [6.07, 6.45) is 1.32. The summed E-state index contributed by atoms with van der Waals surface area (Å²) in [6, 6.07) is 5.09. The molecule has 2 aromatic rings. The van der Waals surface area contributed by atoms with Crippen LogP contribution in [0.4, 0.5) is 5.69 Å². The van der Waals surface area contributed by atoms with Crippen molar-refractivity contribution in [1.29, 1.82) is 0 Å². The first-order chi connectivity index (χ1) is 8.97. The predicted octanol–water partition coefficient (Wildman–Crippen LogP) is 2.58. The molecule has 0 aliphatic rings. The van der Waals surface area contributed by atoms with Crippen molar-refractivity contribution in [2.24, 2.45) is 0 Å². The van der Waals surface area contributed by atoms with Gasteiger partial charge in [0.15, 0.2) is 0 Å². The van der Waals surface area contributed by atoms with Gasteiger partial charge in [0.1, 0.15) is 5.75 Å². The van der Waals surface area contributed by atoms with Crippen molar-refractivity contribution in [2.45, 2.75) is 26.7 Å². The summed E-state index contributed by atoms with van der Waals surface area (Å²) in [6.45, 7) is 6.03. The quantitative estimate of drug-likeness (QED) is 0.830. The average Bonchev–Trinajstić information content (AvgIpc) is 2.33. The Morgan fingerprint density at radius 1 is 1.32 bits per heavy atom. The molecule has 2 rings (SSSR count). The Kier molecular flexibility index (Phi) is 3.55. The molecule has 0 aliphatic heterocycles. The smallest absolute Gasteiger partial charge is 0.254 e. The maximum Gasteiger partial charge on any atom is 0.254 e. The SMILES string of the molecule is Cc1cc(Oc2cc(=O)[nH]cn2)c(C(C)C)cc1N. The molecule has 0 spiro atoms. The highest BCUT2D eigenvalue weighted by Crippen LogP contribution is 2.33. The number of aromatic amines is 1. The number of benzene rings is 1. The molecule has 5 nitrogen and oxygen atoms in total. The molecule has 0 atom stereocenters. The van der Waals surface area contributed by atoms with Crippen LogP contribution in [0.1, 0.15) is 30.9 Å². The van der Waals surface area contributed by atoms with E-state index in [1.165, 1.54) is 12.4 Å². The van der Waals surface area contributed by atoms with Crippen LogP contribution in [0.2, 0.25) is 0 Å². The van der Waals surface area contributed by atoms with Crippen molar-refractivity contribution >= 4 is 5.69 Å². The maximum absolute atomic E-state index is 11.2. The van der Waals surface area contributed by atoms with E-state index in [0.717, 1.165) is 16.8 Å². The lowest BCUT2D eigenvalue weighted by atomic mass is 9.99. The zero-order chi connectivity index (χ0) is 14.0. The summed E-state index contributed by atoms with van der Waals surface area (Å²) in [5.41, 5.74) is 8.33. The fourth-order valence-electron chi connectivity index (χ4n) is 1.77. The Labute approximate surface area is 111 Å². The van der Waals surface area contributed by atoms with E-state index in [9.17, 15) is 4.79 Å². The van der Waals surface area contributed by atoms with Gasteiger partial charge in [-0.15, -0.1) is 0 Å². The fourth-order valence-corrected chi connectivity index (χ4v) is 1.77. The van der Waals surface area contributed by atoms with E-state index in [-0.39, 0.29) is 17.4 Å². The summed E-state index contributed by atoms with van der Waals surface area (Å²) >= 11 is 0. The molecule has 1 aromatic carbocycles. The van der Waals surface area contributed by atoms with Gasteiger partial charge in [0, 0.05) is 5.69 Å². The van der Waals surface area contributed by atoms with Crippen LogP contribution in [0.15, 0.2) is 29.3 Å². The third-order valence-corrected chi connectivity index (χ3v) is 2.89. The second-order valence-corrected chi connectivity index (χ2v) is 4.75. The van der Waals surface area contributed by atoms with Gasteiger partial charge in [-0.25, -0.2) is 4.98 Å². The molecule has 0 bridgehead atoms. The second kappa shape index (κ2) is 5.14. The lowest BCUT2D eigenvalue weighted by molar-refractivity contribution is 0.452. The van der Waals surface area contributed by atoms with Crippen molar-refractivity contribution in [1.82, 2.24) is 9.97 Å². The number of H-pyrrole nitrogens is 1. The van der Waals surface area contributed by atoms with Crippen molar-refractivity contribution < 1.29 is 4.74 Å². The second-order valence-electron chi connectivity index (χ2n) is 4.75. The number of aromatic nitrogens is 2. The van der Waals surface area contributed by atoms with Gasteiger partial charge >= 0.3 is 0 Å². The number of rotatable bonds is 3. The lowest BCUT2D eigenvalue weighted by Gasteiger charge is -2.15. The molecule has 3 N–H and O–H groups in total. The molecule has 19 heavy (non-hydrogen) atoms. The highest BCUT2D eigenvalue weighted by Gasteiger charge is 2.12. The normalized spacial score (nSPS) is 10.7. The van der Waals surface area contributed by atoms with Gasteiger partial charge in [0.2, 0.25) is 5.88 Å². The van der Waals surface area contributed by atoms with E-state index in [1.54, 1.807) is 0 Å². The number of hydrogen-bond acceptors (Lipinski definition) is 4. The summed E-state index contributed by atoms with van der Waals surface area (Å²) in [5, 5.41) is 0. The van der Waals surface area contributed by atoms with E-state index < -0.39 is 0 Å². The van der Waals surface area contributed by atoms with Gasteiger partial charge in [-0.2, -0.15) is 0 Å². The molecule has 0 unspecified atom stereocenters. The number of hydrogen-bond donors (Lipinski definition) is 2. The molecule has 0 amide bonds. The largest absolute Gasteiger partial charge is 0.438 e. The topological polar surface area (TPSA) is 81.0 Å². The molecule has 0 radical (unpaired) electrons. The number of anilines is 1. The molecule has 1 heterocycles. The number of aryl methyl sites for hydroxylation is 1. The van der Waals surface area contributed by atoms with Crippen molar-refractivity contribution in [3.05, 3.63) is 46.0 Å². The molecular weight excluding hydrogens is 242 g/mol. The summed E-state index contributed by atoms with van der Waals surface area (Å²) in [7, 11) is 0. The number of nitrogens with two attached hydrogens (primary N) is 1. The first kappa shape index (κ1) is 13.1. The van der Waals surface area contributed by atoms with E-state index in [4.69, 9.17) is 10.5 Å². The monoisotopic (exact) mass is 259 g/mol. The molecular formula is C14H17N3O2. The summed E-state index contributed by atoms with van der Waals surface area (Å²) < 4.78 is 5.70. The van der Waals surface area contributed by atoms with Gasteiger partial charge in [0.25, 0.3) is 5.56 Å². The number of nitrogen functional groups attached to an aromatic ring is 1. The molecule has 0 fully saturated rings. The van der Waals surface area contributed by atoms with Crippen LogP contribution in [-0.2, 0) is 0 Å². The van der Waals surface area contributed by atoms with E-state index in [0.29, 0.717) is 5.75 Å². The van der Waals surface area contributed by atoms with Crippen LogP contribution in [-0.4, -0.2) is 9.97 Å². The molecule has 1 aromatic heterocycles. The number of ether oxygens (including phenoxy) is 1. The average molecular weight is 259 g/mol. The Balaban J connectivity index is 2.44. The van der Waals surface area contributed by atoms with Gasteiger partial charge in [-0.3, -0.25) is 4.79 Å². The number of nitrogens with zero attached hydrogens (tertiary/aromatic N) is 1. The van der Waals surface area contributed by atoms with E-state index in [1.807, 2.05) is 19.1 Å². The highest BCUT2D eigenvalue weighted by atomic mass is 16.5. The van der Waals surface area contributed by atoms with Crippen molar-refractivity contribution in [3.8, 4) is 11.6 Å². The van der Waals surface area contributed by atoms with E-state index in [2.05, 4.69) is 23.8 Å². The van der Waals surface area contributed by atoms with Gasteiger partial charge in [-0.05, 0) is 36.1 Å². The predicted molar refractivity (Wildman–Crippen MR) is 74.6 cm³/mol. The Morgan fingerprint density at radius 2 is 2.05 bits per heavy atom. The van der Waals surface area contributed by atoms with Crippen LogP contribution in [0.25, 0.3) is 0 Å². The minimum Gasteiger partial charge on any atom is -0.438 e. The van der Waals surface area contributed by atoms with Crippen LogP contribution in [0.5, 0.6) is 11.6 Å². The lowest BCUT2D eigenvalue weighted by Crippen LogP contribution is -2.05. The molecule has 100 valence electrons. The highest BCUT2D eigenvalue weighted by molar-refractivity contribution is 5.55. The van der Waals surface area contributed by atoms with Gasteiger partial charge in [-0.1, -0.05) is 13.8 Å². The summed E-state index contributed by atoms with van der Waals surface area (Å²) in [5.74, 6) is 1.22. The zero-order valence-electron chi connectivity index (χ0n) is 11.2. The Bertz CT molecular complexity index is 647. The van der Waals surface area contributed by atoms with Gasteiger partial charge < -0.3 is 15.5 Å². The molecule has 0 saturated carbocycles. The molecule has 0 aliphatic carbocycles. The van der Waals surface area contributed by atoms with Crippen LogP contribution in [0, 0.1) is 6.92 Å². The van der Waals surface area contributed by atoms with Gasteiger partial charge in [0.05, 0.1) is 12.4 Å². The molecule has 5 heteroatoms. The first-order valence-corrected chi connectivity index (χ1v) is 6.10. The summed E-state index contributed by atoms with van der Waals surface area (Å²) in [4.78, 5) is 17.7. The van der Waals surface area contributed by atoms with Crippen LogP contribution < -0.4 is 16.0 Å². The van der Waals surface area contributed by atoms with Crippen molar-refractivity contribution in [2.75, 3.05) is 5.73 Å². The fraction of sp³-hybridized carbons (Fsp3) is 0.286. The number of nitrogens with one attached hydrogen (secondary N) is 1. The standard InChI is InChI=1S/C14H17N3O2/c1-8(2)10-5-11(15)9(3)4-12(10)19-14-6-13(18)16-7-17-14/h4-8H,15H2,1-3H3,(H,16,17,18). The maximum atomic E-state index is 11.2.